The van der Waals surface area contributed by atoms with E-state index in [1.807, 2.05) is 44.1 Å². The highest BCUT2D eigenvalue weighted by molar-refractivity contribution is 7.98. The second-order valence-electron chi connectivity index (χ2n) is 11.8. The number of amides is 7. The number of aliphatic carboxylic acids is 1. The zero-order valence-electron chi connectivity index (χ0n) is 32.9. The van der Waals surface area contributed by atoms with Crippen molar-refractivity contribution in [3.63, 3.8) is 0 Å². The smallest absolute Gasteiger partial charge is 0.303 e. The van der Waals surface area contributed by atoms with Gasteiger partial charge in [0.2, 0.25) is 41.4 Å². The first kappa shape index (κ1) is 52.6. The van der Waals surface area contributed by atoms with Gasteiger partial charge in [0.15, 0.2) is 0 Å². The molecule has 2 unspecified atom stereocenters. The van der Waals surface area contributed by atoms with Gasteiger partial charge >= 0.3 is 5.97 Å². The number of thioether (sulfide) groups is 1. The lowest BCUT2D eigenvalue weighted by atomic mass is 10.1. The van der Waals surface area contributed by atoms with Crippen molar-refractivity contribution in [2.24, 2.45) is 11.5 Å². The minimum absolute atomic E-state index is 0.0629. The van der Waals surface area contributed by atoms with Crippen LogP contribution in [0.3, 0.4) is 0 Å². The van der Waals surface area contributed by atoms with Gasteiger partial charge in [-0.2, -0.15) is 11.8 Å². The Labute approximate surface area is 332 Å². The Morgan fingerprint density at radius 3 is 1.59 bits per heavy atom. The van der Waals surface area contributed by atoms with Crippen LogP contribution in [0.2, 0.25) is 0 Å². The lowest BCUT2D eigenvalue weighted by Gasteiger charge is -2.19. The quantitative estimate of drug-likeness (QED) is 0.0782. The first-order valence-electron chi connectivity index (χ1n) is 17.6. The van der Waals surface area contributed by atoms with E-state index in [1.165, 1.54) is 18.2 Å². The molecule has 2 rings (SSSR count). The van der Waals surface area contributed by atoms with Crippen LogP contribution in [-0.4, -0.2) is 123 Å². The van der Waals surface area contributed by atoms with E-state index in [-0.39, 0.29) is 19.3 Å². The maximum atomic E-state index is 12.7. The first-order valence-corrected chi connectivity index (χ1v) is 19.0. The van der Waals surface area contributed by atoms with Crippen molar-refractivity contribution < 1.29 is 43.5 Å². The predicted octanol–water partition coefficient (Wildman–Crippen LogP) is -1.44. The Kier molecular flexibility index (Phi) is 30.9. The summed E-state index contributed by atoms with van der Waals surface area (Å²) in [5, 5.41) is 25.2. The van der Waals surface area contributed by atoms with Gasteiger partial charge in [-0.1, -0.05) is 73.2 Å². The fourth-order valence-electron chi connectivity index (χ4n) is 3.68. The van der Waals surface area contributed by atoms with Gasteiger partial charge in [-0.25, -0.2) is 0 Å². The second-order valence-corrected chi connectivity index (χ2v) is 12.9. The van der Waals surface area contributed by atoms with Gasteiger partial charge < -0.3 is 53.8 Å². The van der Waals surface area contributed by atoms with Crippen molar-refractivity contribution in [1.29, 1.82) is 0 Å². The van der Waals surface area contributed by atoms with E-state index < -0.39 is 91.6 Å². The molecule has 3 atom stereocenters. The molecule has 0 bridgehead atoms. The molecule has 0 saturated carbocycles. The molecule has 0 aromatic heterocycles. The Morgan fingerprint density at radius 2 is 1.14 bits per heavy atom. The van der Waals surface area contributed by atoms with E-state index in [9.17, 15) is 38.4 Å². The van der Waals surface area contributed by atoms with Crippen LogP contribution in [0.25, 0.3) is 0 Å². The van der Waals surface area contributed by atoms with Crippen molar-refractivity contribution in [2.45, 2.75) is 58.2 Å². The molecule has 19 heteroatoms. The Bertz CT molecular complexity index is 1480. The van der Waals surface area contributed by atoms with E-state index in [4.69, 9.17) is 16.6 Å². The summed E-state index contributed by atoms with van der Waals surface area (Å²) in [5.74, 6) is -4.96. The third kappa shape index (κ3) is 29.9. The molecule has 56 heavy (non-hydrogen) atoms. The van der Waals surface area contributed by atoms with Crippen LogP contribution in [0.1, 0.15) is 37.8 Å². The Hall–Kier alpha value is -5.53. The van der Waals surface area contributed by atoms with Crippen LogP contribution >= 0.6 is 11.8 Å². The molecule has 12 N–H and O–H groups in total. The molecule has 0 aliphatic heterocycles. The fraction of sp³-hybridized carbons (Fsp3) is 0.459. The third-order valence-electron chi connectivity index (χ3n) is 6.71. The van der Waals surface area contributed by atoms with Crippen molar-refractivity contribution in [3.8, 4) is 0 Å². The van der Waals surface area contributed by atoms with Crippen molar-refractivity contribution in [2.75, 3.05) is 52.3 Å². The van der Waals surface area contributed by atoms with Crippen LogP contribution in [0.4, 0.5) is 0 Å². The molecular formula is C37H59N9O9S. The molecule has 0 aliphatic rings. The summed E-state index contributed by atoms with van der Waals surface area (Å²) in [4.78, 5) is 94.5. The van der Waals surface area contributed by atoms with E-state index in [0.29, 0.717) is 5.56 Å². The molecule has 0 heterocycles. The first-order chi connectivity index (χ1) is 26.5. The molecule has 2 aromatic rings. The zero-order chi connectivity index (χ0) is 42.9. The number of nitrogens with one attached hydrogen (secondary N) is 7. The molecule has 0 fully saturated rings. The van der Waals surface area contributed by atoms with E-state index in [1.54, 1.807) is 30.3 Å². The number of carbonyl (C=O) groups is 8. The van der Waals surface area contributed by atoms with Crippen LogP contribution in [-0.2, 0) is 44.8 Å². The van der Waals surface area contributed by atoms with Gasteiger partial charge in [0.25, 0.3) is 0 Å². The molecule has 312 valence electrons. The number of rotatable bonds is 19. The Morgan fingerprint density at radius 1 is 0.714 bits per heavy atom. The van der Waals surface area contributed by atoms with Gasteiger partial charge in [-0.3, -0.25) is 38.4 Å². The summed E-state index contributed by atoms with van der Waals surface area (Å²) in [6, 6.07) is 15.8. The van der Waals surface area contributed by atoms with Crippen LogP contribution < -0.4 is 48.7 Å². The number of hydrogen-bond acceptors (Lipinski definition) is 11. The zero-order valence-corrected chi connectivity index (χ0v) is 33.8. The predicted molar refractivity (Wildman–Crippen MR) is 216 cm³/mol. The number of carboxylic acids is 1. The SMILES string of the molecule is CC(NC(=O)CNC(=O)[C@H](Cc1ccccc1)NC(=O)CNC(=O)CNC(=O)CNC(=O)C(N)CCC(=O)O)C(N)=O.CCSC.CNC.Cc1ccccc1. The number of carbonyl (C=O) groups excluding carboxylic acids is 7. The Balaban J connectivity index is 0. The summed E-state index contributed by atoms with van der Waals surface area (Å²) in [7, 11) is 3.75. The van der Waals surface area contributed by atoms with Gasteiger partial charge in [-0.15, -0.1) is 0 Å². The maximum absolute atomic E-state index is 12.7. The molecule has 0 saturated heterocycles. The molecular weight excluding hydrogens is 747 g/mol. The van der Waals surface area contributed by atoms with Crippen molar-refractivity contribution >= 4 is 59.1 Å². The van der Waals surface area contributed by atoms with E-state index in [2.05, 4.69) is 69.5 Å². The molecule has 0 aliphatic carbocycles. The number of primary amides is 1. The number of nitrogens with two attached hydrogens (primary N) is 2. The molecule has 0 spiro atoms. The third-order valence-corrected chi connectivity index (χ3v) is 7.29. The van der Waals surface area contributed by atoms with Crippen LogP contribution in [0.5, 0.6) is 0 Å². The summed E-state index contributed by atoms with van der Waals surface area (Å²) in [5.41, 5.74) is 12.6. The standard InChI is InChI=1S/C25H36N8O9.C7H8.C3H8S.C2H7N/c1-14(23(27)40)32-20(36)13-31-25(42)17(9-15-5-3-2-4-6-15)33-21(37)12-29-18(34)10-28-19(35)11-30-24(41)16(26)7-8-22(38)39;1-7-5-3-2-4-6-7;1-3-4-2;1-3-2/h2-6,14,16-17H,7-13,26H2,1H3,(H2,27,40)(H,28,35)(H,29,34)(H,30,41)(H,31,42)(H,32,36)(H,33,37)(H,38,39);2-6H,1H3;3H2,1-2H3;3H,1-2H3/t14?,16?,17-;;;/m0.../s1. The van der Waals surface area contributed by atoms with Crippen molar-refractivity contribution in [1.82, 2.24) is 37.2 Å². The molecule has 0 radical (unpaired) electrons. The normalized spacial score (nSPS) is 11.3. The van der Waals surface area contributed by atoms with E-state index >= 15 is 0 Å². The largest absolute Gasteiger partial charge is 0.481 e. The monoisotopic (exact) mass is 805 g/mol. The summed E-state index contributed by atoms with van der Waals surface area (Å²) in [6.45, 7) is 3.54. The molecule has 2 aromatic carbocycles. The lowest BCUT2D eigenvalue weighted by Crippen LogP contribution is -2.53. The summed E-state index contributed by atoms with van der Waals surface area (Å²) >= 11 is 1.86. The van der Waals surface area contributed by atoms with Crippen LogP contribution in [0, 0.1) is 6.92 Å². The highest BCUT2D eigenvalue weighted by Crippen LogP contribution is 2.04. The van der Waals surface area contributed by atoms with Gasteiger partial charge in [0.1, 0.15) is 12.1 Å². The minimum Gasteiger partial charge on any atom is -0.481 e. The highest BCUT2D eigenvalue weighted by Gasteiger charge is 2.23. The second kappa shape index (κ2) is 32.9. The maximum Gasteiger partial charge on any atom is 0.303 e. The minimum atomic E-state index is -1.12. The number of hydrogen-bond donors (Lipinski definition) is 10. The lowest BCUT2D eigenvalue weighted by molar-refractivity contribution is -0.137. The number of carboxylic acid groups (broad SMARTS) is 1. The number of aryl methyl sites for hydroxylation is 1. The fourth-order valence-corrected chi connectivity index (χ4v) is 3.68. The van der Waals surface area contributed by atoms with Gasteiger partial charge in [-0.05, 0) is 51.9 Å². The van der Waals surface area contributed by atoms with Gasteiger partial charge in [0.05, 0.1) is 32.2 Å². The average molecular weight is 806 g/mol. The average Bonchev–Trinajstić information content (AvgIpc) is 3.17. The van der Waals surface area contributed by atoms with Crippen LogP contribution in [0.15, 0.2) is 60.7 Å². The summed E-state index contributed by atoms with van der Waals surface area (Å²) in [6.07, 6.45) is 1.72. The number of benzene rings is 2. The topological polar surface area (TPSA) is 293 Å². The molecule has 18 nitrogen and oxygen atoms in total. The highest BCUT2D eigenvalue weighted by atomic mass is 32.2. The molecule has 7 amide bonds. The van der Waals surface area contributed by atoms with Crippen molar-refractivity contribution in [3.05, 3.63) is 71.8 Å². The van der Waals surface area contributed by atoms with Gasteiger partial charge in [0, 0.05) is 12.8 Å². The van der Waals surface area contributed by atoms with E-state index in [0.717, 1.165) is 0 Å². The summed E-state index contributed by atoms with van der Waals surface area (Å²) < 4.78 is 0.